The number of hydrogen-bond acceptors (Lipinski definition) is 4. The molecule has 2 unspecified atom stereocenters. The average Bonchev–Trinajstić information content (AvgIpc) is 2.37. The van der Waals surface area contributed by atoms with Crippen LogP contribution in [0, 0.1) is 0 Å². The molecule has 21 heavy (non-hydrogen) atoms. The van der Waals surface area contributed by atoms with E-state index >= 15 is 0 Å². The molecular weight excluding hydrogens is 284 g/mol. The van der Waals surface area contributed by atoms with Gasteiger partial charge >= 0.3 is 12.6 Å². The van der Waals surface area contributed by atoms with E-state index in [2.05, 4.69) is 4.74 Å². The number of alkyl halides is 2. The first-order valence-electron chi connectivity index (χ1n) is 6.54. The highest BCUT2D eigenvalue weighted by atomic mass is 19.3. The smallest absolute Gasteiger partial charge is 0.387 e. The largest absolute Gasteiger partial charge is 0.490 e. The Morgan fingerprint density at radius 2 is 2.05 bits per heavy atom. The van der Waals surface area contributed by atoms with Crippen LogP contribution in [0.25, 0.3) is 0 Å². The zero-order chi connectivity index (χ0) is 16.0. The third kappa shape index (κ3) is 5.18. The lowest BCUT2D eigenvalue weighted by atomic mass is 9.89. The number of ether oxygens (including phenoxy) is 2. The highest BCUT2D eigenvalue weighted by Gasteiger charge is 2.22. The molecule has 0 spiro atoms. The molecular formula is C14H19F2NO4. The number of rotatable bonds is 8. The third-order valence-electron chi connectivity index (χ3n) is 2.94. The Bertz CT molecular complexity index is 480. The molecule has 1 rings (SSSR count). The molecule has 0 bridgehead atoms. The maximum absolute atomic E-state index is 12.3. The molecule has 3 N–H and O–H groups in total. The lowest BCUT2D eigenvalue weighted by molar-refractivity contribution is -0.137. The summed E-state index contributed by atoms with van der Waals surface area (Å²) in [5, 5.41) is 8.93. The Labute approximate surface area is 121 Å². The first-order chi connectivity index (χ1) is 9.85. The van der Waals surface area contributed by atoms with Crippen molar-refractivity contribution in [3.63, 3.8) is 0 Å². The van der Waals surface area contributed by atoms with E-state index in [4.69, 9.17) is 15.6 Å². The van der Waals surface area contributed by atoms with Crippen LogP contribution < -0.4 is 15.2 Å². The van der Waals surface area contributed by atoms with Gasteiger partial charge in [-0.05, 0) is 31.5 Å². The van der Waals surface area contributed by atoms with Crippen molar-refractivity contribution in [2.45, 2.75) is 38.8 Å². The molecule has 0 aromatic heterocycles. The van der Waals surface area contributed by atoms with Crippen molar-refractivity contribution in [3.8, 4) is 11.5 Å². The van der Waals surface area contributed by atoms with Gasteiger partial charge in [0.2, 0.25) is 0 Å². The molecule has 0 aliphatic carbocycles. The van der Waals surface area contributed by atoms with Crippen LogP contribution in [-0.4, -0.2) is 30.3 Å². The molecule has 0 saturated heterocycles. The van der Waals surface area contributed by atoms with Crippen molar-refractivity contribution in [2.24, 2.45) is 5.73 Å². The maximum Gasteiger partial charge on any atom is 0.387 e. The van der Waals surface area contributed by atoms with E-state index in [9.17, 15) is 13.6 Å². The molecule has 0 radical (unpaired) electrons. The Balaban J connectivity index is 3.12. The number of nitrogens with two attached hydrogens (primary N) is 1. The monoisotopic (exact) mass is 303 g/mol. The van der Waals surface area contributed by atoms with Gasteiger partial charge in [0.05, 0.1) is 13.0 Å². The molecule has 0 amide bonds. The van der Waals surface area contributed by atoms with Crippen LogP contribution >= 0.6 is 0 Å². The van der Waals surface area contributed by atoms with Crippen LogP contribution in [0.5, 0.6) is 11.5 Å². The minimum absolute atomic E-state index is 0.0886. The molecule has 1 aromatic carbocycles. The van der Waals surface area contributed by atoms with Crippen molar-refractivity contribution in [2.75, 3.05) is 6.61 Å². The summed E-state index contributed by atoms with van der Waals surface area (Å²) < 4.78 is 34.3. The summed E-state index contributed by atoms with van der Waals surface area (Å²) in [7, 11) is 0. The van der Waals surface area contributed by atoms with Gasteiger partial charge in [0.1, 0.15) is 0 Å². The fourth-order valence-electron chi connectivity index (χ4n) is 2.01. The van der Waals surface area contributed by atoms with Crippen LogP contribution in [0.2, 0.25) is 0 Å². The fourth-order valence-corrected chi connectivity index (χ4v) is 2.01. The van der Waals surface area contributed by atoms with Gasteiger partial charge in [0.25, 0.3) is 0 Å². The minimum Gasteiger partial charge on any atom is -0.490 e. The third-order valence-corrected chi connectivity index (χ3v) is 2.94. The highest BCUT2D eigenvalue weighted by molar-refractivity contribution is 5.68. The van der Waals surface area contributed by atoms with E-state index in [1.165, 1.54) is 18.2 Å². The molecule has 2 atom stereocenters. The van der Waals surface area contributed by atoms with Crippen molar-refractivity contribution in [1.82, 2.24) is 0 Å². The van der Waals surface area contributed by atoms with Gasteiger partial charge in [0.15, 0.2) is 11.5 Å². The van der Waals surface area contributed by atoms with Crippen molar-refractivity contribution in [3.05, 3.63) is 23.8 Å². The van der Waals surface area contributed by atoms with E-state index in [-0.39, 0.29) is 24.5 Å². The number of carboxylic acids is 1. The summed E-state index contributed by atoms with van der Waals surface area (Å²) in [5.41, 5.74) is 6.41. The molecule has 0 aliphatic rings. The fraction of sp³-hybridized carbons (Fsp3) is 0.500. The van der Waals surface area contributed by atoms with E-state index in [0.717, 1.165) is 0 Å². The van der Waals surface area contributed by atoms with E-state index in [1.807, 2.05) is 0 Å². The number of carboxylic acid groups (broad SMARTS) is 1. The van der Waals surface area contributed by atoms with Crippen LogP contribution in [0.15, 0.2) is 18.2 Å². The lowest BCUT2D eigenvalue weighted by Gasteiger charge is -2.21. The lowest BCUT2D eigenvalue weighted by Crippen LogP contribution is -2.27. The normalized spacial score (nSPS) is 13.8. The summed E-state index contributed by atoms with van der Waals surface area (Å²) in [6, 6.07) is 3.96. The van der Waals surface area contributed by atoms with Gasteiger partial charge in [-0.1, -0.05) is 6.07 Å². The molecule has 7 heteroatoms. The second-order valence-corrected chi connectivity index (χ2v) is 4.58. The molecule has 0 fully saturated rings. The predicted molar refractivity (Wildman–Crippen MR) is 72.9 cm³/mol. The summed E-state index contributed by atoms with van der Waals surface area (Å²) in [6.45, 7) is 0.708. The maximum atomic E-state index is 12.3. The van der Waals surface area contributed by atoms with E-state index in [0.29, 0.717) is 5.56 Å². The summed E-state index contributed by atoms with van der Waals surface area (Å²) in [5.74, 6) is -1.37. The zero-order valence-corrected chi connectivity index (χ0v) is 11.9. The Morgan fingerprint density at radius 3 is 2.52 bits per heavy atom. The number of hydrogen-bond donors (Lipinski definition) is 2. The van der Waals surface area contributed by atoms with Crippen LogP contribution in [0.1, 0.15) is 31.7 Å². The average molecular weight is 303 g/mol. The van der Waals surface area contributed by atoms with Gasteiger partial charge in [0, 0.05) is 12.0 Å². The molecule has 5 nitrogen and oxygen atoms in total. The Morgan fingerprint density at radius 1 is 1.38 bits per heavy atom. The Kier molecular flexibility index (Phi) is 6.36. The van der Waals surface area contributed by atoms with Gasteiger partial charge in [-0.3, -0.25) is 4.79 Å². The number of aliphatic carboxylic acids is 1. The number of carbonyl (C=O) groups is 1. The topological polar surface area (TPSA) is 81.8 Å². The highest BCUT2D eigenvalue weighted by Crippen LogP contribution is 2.34. The standard InChI is InChI=1S/C14H19F2NO4/c1-3-20-12-6-9(4-5-11(12)21-14(15)16)10(8(2)17)7-13(18)19/h4-6,8,10,14H,3,7,17H2,1-2H3,(H,18,19). The summed E-state index contributed by atoms with van der Waals surface area (Å²) in [4.78, 5) is 10.9. The van der Waals surface area contributed by atoms with Crippen LogP contribution in [-0.2, 0) is 4.79 Å². The molecule has 0 saturated carbocycles. The van der Waals surface area contributed by atoms with Crippen molar-refractivity contribution < 1.29 is 28.2 Å². The second kappa shape index (κ2) is 7.78. The second-order valence-electron chi connectivity index (χ2n) is 4.58. The minimum atomic E-state index is -2.96. The molecule has 1 aromatic rings. The summed E-state index contributed by atoms with van der Waals surface area (Å²) in [6.07, 6.45) is -0.154. The Hall–Kier alpha value is -1.89. The van der Waals surface area contributed by atoms with E-state index < -0.39 is 24.5 Å². The molecule has 0 aliphatic heterocycles. The van der Waals surface area contributed by atoms with Gasteiger partial charge in [-0.25, -0.2) is 0 Å². The van der Waals surface area contributed by atoms with Gasteiger partial charge in [-0.2, -0.15) is 8.78 Å². The van der Waals surface area contributed by atoms with Crippen LogP contribution in [0.3, 0.4) is 0 Å². The first-order valence-corrected chi connectivity index (χ1v) is 6.54. The quantitative estimate of drug-likeness (QED) is 0.771. The molecule has 118 valence electrons. The zero-order valence-electron chi connectivity index (χ0n) is 11.9. The summed E-state index contributed by atoms with van der Waals surface area (Å²) >= 11 is 0. The number of halogens is 2. The predicted octanol–water partition coefficient (Wildman–Crippen LogP) is 2.59. The van der Waals surface area contributed by atoms with Gasteiger partial charge < -0.3 is 20.3 Å². The first kappa shape index (κ1) is 17.2. The molecule has 0 heterocycles. The van der Waals surface area contributed by atoms with E-state index in [1.54, 1.807) is 13.8 Å². The van der Waals surface area contributed by atoms with Crippen molar-refractivity contribution >= 4 is 5.97 Å². The SMILES string of the molecule is CCOc1cc(C(CC(=O)O)C(C)N)ccc1OC(F)F. The van der Waals surface area contributed by atoms with Crippen molar-refractivity contribution in [1.29, 1.82) is 0 Å². The van der Waals surface area contributed by atoms with Crippen LogP contribution in [0.4, 0.5) is 8.78 Å². The van der Waals surface area contributed by atoms with Gasteiger partial charge in [-0.15, -0.1) is 0 Å². The number of benzene rings is 1.